The number of benzene rings is 1. The van der Waals surface area contributed by atoms with Crippen molar-refractivity contribution < 1.29 is 9.18 Å². The average Bonchev–Trinajstić information content (AvgIpc) is 2.94. The first-order valence-electron chi connectivity index (χ1n) is 7.64. The van der Waals surface area contributed by atoms with Crippen LogP contribution in [-0.4, -0.2) is 31.6 Å². The fraction of sp³-hybridized carbons (Fsp3) is 0.562. The number of nitrogens with two attached hydrogens (primary N) is 1. The van der Waals surface area contributed by atoms with Crippen LogP contribution in [0.5, 0.6) is 0 Å². The number of anilines is 1. The molecule has 0 aliphatic carbocycles. The Labute approximate surface area is 125 Å². The molecule has 2 rings (SSSR count). The fourth-order valence-electron chi connectivity index (χ4n) is 2.70. The average molecular weight is 293 g/mol. The maximum atomic E-state index is 12.9. The number of halogens is 1. The van der Waals surface area contributed by atoms with E-state index in [4.69, 9.17) is 5.73 Å². The lowest BCUT2D eigenvalue weighted by Crippen LogP contribution is -2.42. The molecule has 1 saturated heterocycles. The minimum atomic E-state index is -0.399. The molecule has 2 atom stereocenters. The lowest BCUT2D eigenvalue weighted by atomic mass is 10.1. The third kappa shape index (κ3) is 4.43. The first-order valence-corrected chi connectivity index (χ1v) is 7.64. The van der Waals surface area contributed by atoms with Crippen LogP contribution in [0.15, 0.2) is 24.3 Å². The van der Waals surface area contributed by atoms with Gasteiger partial charge in [0.05, 0.1) is 6.04 Å². The predicted octanol–water partition coefficient (Wildman–Crippen LogP) is 1.90. The van der Waals surface area contributed by atoms with Crippen LogP contribution >= 0.6 is 0 Å². The third-order valence-corrected chi connectivity index (χ3v) is 3.98. The van der Waals surface area contributed by atoms with Gasteiger partial charge in [-0.1, -0.05) is 13.3 Å². The molecule has 0 saturated carbocycles. The molecule has 1 aliphatic rings. The molecule has 5 heteroatoms. The zero-order chi connectivity index (χ0) is 15.2. The summed E-state index contributed by atoms with van der Waals surface area (Å²) in [5, 5.41) is 2.94. The van der Waals surface area contributed by atoms with E-state index in [1.165, 1.54) is 12.1 Å². The van der Waals surface area contributed by atoms with Crippen molar-refractivity contribution in [2.45, 2.75) is 32.2 Å². The van der Waals surface area contributed by atoms with Crippen molar-refractivity contribution in [3.05, 3.63) is 30.1 Å². The Hall–Kier alpha value is -1.62. The van der Waals surface area contributed by atoms with Gasteiger partial charge < -0.3 is 16.0 Å². The van der Waals surface area contributed by atoms with Gasteiger partial charge >= 0.3 is 0 Å². The second kappa shape index (κ2) is 7.41. The second-order valence-corrected chi connectivity index (χ2v) is 5.72. The number of amides is 1. The summed E-state index contributed by atoms with van der Waals surface area (Å²) in [6.45, 7) is 4.50. The molecule has 1 heterocycles. The van der Waals surface area contributed by atoms with Crippen LogP contribution in [0.2, 0.25) is 0 Å². The van der Waals surface area contributed by atoms with E-state index in [9.17, 15) is 9.18 Å². The lowest BCUT2D eigenvalue weighted by Gasteiger charge is -2.19. The molecular formula is C16H24FN3O. The number of hydrogen-bond donors (Lipinski definition) is 2. The molecule has 21 heavy (non-hydrogen) atoms. The van der Waals surface area contributed by atoms with Crippen LogP contribution in [-0.2, 0) is 4.79 Å². The van der Waals surface area contributed by atoms with Crippen molar-refractivity contribution in [2.75, 3.05) is 24.5 Å². The van der Waals surface area contributed by atoms with Crippen LogP contribution in [0.3, 0.4) is 0 Å². The highest BCUT2D eigenvalue weighted by atomic mass is 19.1. The minimum absolute atomic E-state index is 0.0583. The number of nitrogens with zero attached hydrogens (tertiary/aromatic N) is 1. The normalized spacial score (nSPS) is 19.6. The molecule has 1 aromatic rings. The number of hydrogen-bond acceptors (Lipinski definition) is 3. The molecule has 2 unspecified atom stereocenters. The summed E-state index contributed by atoms with van der Waals surface area (Å²) >= 11 is 0. The standard InChI is InChI=1S/C16H24FN3O/c1-2-3-15(18)16(21)19-10-12-8-9-20(11-12)14-6-4-13(17)5-7-14/h4-7,12,15H,2-3,8-11,18H2,1H3,(H,19,21). The minimum Gasteiger partial charge on any atom is -0.371 e. The maximum Gasteiger partial charge on any atom is 0.236 e. The van der Waals surface area contributed by atoms with Crippen LogP contribution in [0.4, 0.5) is 10.1 Å². The van der Waals surface area contributed by atoms with Crippen molar-refractivity contribution in [3.63, 3.8) is 0 Å². The van der Waals surface area contributed by atoms with Gasteiger partial charge in [0.1, 0.15) is 5.82 Å². The molecule has 0 spiro atoms. The highest BCUT2D eigenvalue weighted by molar-refractivity contribution is 5.81. The van der Waals surface area contributed by atoms with Gasteiger partial charge in [-0.2, -0.15) is 0 Å². The van der Waals surface area contributed by atoms with Gasteiger partial charge in [0.15, 0.2) is 0 Å². The molecule has 0 radical (unpaired) electrons. The fourth-order valence-corrected chi connectivity index (χ4v) is 2.70. The van der Waals surface area contributed by atoms with Gasteiger partial charge in [0.25, 0.3) is 0 Å². The topological polar surface area (TPSA) is 58.4 Å². The van der Waals surface area contributed by atoms with Crippen molar-refractivity contribution in [1.82, 2.24) is 5.32 Å². The second-order valence-electron chi connectivity index (χ2n) is 5.72. The smallest absolute Gasteiger partial charge is 0.236 e. The molecule has 1 aliphatic heterocycles. The van der Waals surface area contributed by atoms with Gasteiger partial charge in [0.2, 0.25) is 5.91 Å². The highest BCUT2D eigenvalue weighted by Crippen LogP contribution is 2.23. The van der Waals surface area contributed by atoms with E-state index in [1.807, 2.05) is 6.92 Å². The van der Waals surface area contributed by atoms with Crippen molar-refractivity contribution in [1.29, 1.82) is 0 Å². The molecule has 0 bridgehead atoms. The first-order chi connectivity index (χ1) is 10.1. The molecule has 3 N–H and O–H groups in total. The Morgan fingerprint density at radius 2 is 2.19 bits per heavy atom. The summed E-state index contributed by atoms with van der Waals surface area (Å²) in [7, 11) is 0. The Morgan fingerprint density at radius 1 is 1.48 bits per heavy atom. The monoisotopic (exact) mass is 293 g/mol. The van der Waals surface area contributed by atoms with Gasteiger partial charge in [-0.3, -0.25) is 4.79 Å². The van der Waals surface area contributed by atoms with Gasteiger partial charge in [-0.25, -0.2) is 4.39 Å². The number of rotatable bonds is 6. The first kappa shape index (κ1) is 15.8. The molecule has 1 fully saturated rings. The van der Waals surface area contributed by atoms with Gasteiger partial charge in [-0.05, 0) is 43.0 Å². The van der Waals surface area contributed by atoms with Gasteiger partial charge in [0, 0.05) is 25.3 Å². The Bertz CT molecular complexity index is 463. The Balaban J connectivity index is 1.77. The van der Waals surface area contributed by atoms with E-state index in [-0.39, 0.29) is 11.7 Å². The molecular weight excluding hydrogens is 269 g/mol. The highest BCUT2D eigenvalue weighted by Gasteiger charge is 2.23. The molecule has 4 nitrogen and oxygen atoms in total. The van der Waals surface area contributed by atoms with Crippen LogP contribution in [0.1, 0.15) is 26.2 Å². The zero-order valence-electron chi connectivity index (χ0n) is 12.5. The Kier molecular flexibility index (Phi) is 5.56. The van der Waals surface area contributed by atoms with Crippen LogP contribution < -0.4 is 16.0 Å². The van der Waals surface area contributed by atoms with Crippen molar-refractivity contribution >= 4 is 11.6 Å². The van der Waals surface area contributed by atoms with E-state index in [2.05, 4.69) is 10.2 Å². The van der Waals surface area contributed by atoms with Crippen LogP contribution in [0.25, 0.3) is 0 Å². The maximum absolute atomic E-state index is 12.9. The van der Waals surface area contributed by atoms with Crippen LogP contribution in [0, 0.1) is 11.7 Å². The molecule has 1 amide bonds. The quantitative estimate of drug-likeness (QED) is 0.842. The summed E-state index contributed by atoms with van der Waals surface area (Å²) in [5.41, 5.74) is 6.82. The number of carbonyl (C=O) groups is 1. The molecule has 1 aromatic carbocycles. The largest absolute Gasteiger partial charge is 0.371 e. The van der Waals surface area contributed by atoms with E-state index in [0.29, 0.717) is 12.5 Å². The summed E-state index contributed by atoms with van der Waals surface area (Å²) < 4.78 is 12.9. The van der Waals surface area contributed by atoms with E-state index < -0.39 is 6.04 Å². The summed E-state index contributed by atoms with van der Waals surface area (Å²) in [4.78, 5) is 14.0. The van der Waals surface area contributed by atoms with E-state index in [1.54, 1.807) is 12.1 Å². The molecule has 116 valence electrons. The van der Waals surface area contributed by atoms with Crippen molar-refractivity contribution in [3.8, 4) is 0 Å². The Morgan fingerprint density at radius 3 is 2.86 bits per heavy atom. The van der Waals surface area contributed by atoms with Crippen molar-refractivity contribution in [2.24, 2.45) is 11.7 Å². The predicted molar refractivity (Wildman–Crippen MR) is 82.6 cm³/mol. The number of carbonyl (C=O) groups excluding carboxylic acids is 1. The zero-order valence-corrected chi connectivity index (χ0v) is 12.5. The summed E-state index contributed by atoms with van der Waals surface area (Å²) in [6.07, 6.45) is 2.66. The van der Waals surface area contributed by atoms with E-state index in [0.717, 1.165) is 38.0 Å². The third-order valence-electron chi connectivity index (χ3n) is 3.98. The molecule has 0 aromatic heterocycles. The van der Waals surface area contributed by atoms with E-state index >= 15 is 0 Å². The summed E-state index contributed by atoms with van der Waals surface area (Å²) in [6, 6.07) is 6.16. The van der Waals surface area contributed by atoms with Gasteiger partial charge in [-0.15, -0.1) is 0 Å². The SMILES string of the molecule is CCCC(N)C(=O)NCC1CCN(c2ccc(F)cc2)C1. The summed E-state index contributed by atoms with van der Waals surface area (Å²) in [5.74, 6) is 0.150. The lowest BCUT2D eigenvalue weighted by molar-refractivity contribution is -0.122. The number of nitrogens with one attached hydrogen (secondary N) is 1.